The van der Waals surface area contributed by atoms with Crippen molar-refractivity contribution < 1.29 is 14.6 Å². The first-order chi connectivity index (χ1) is 8.58. The maximum absolute atomic E-state index is 11.1. The molecule has 98 valence electrons. The molecule has 0 atom stereocenters. The number of carboxylic acids is 1. The summed E-state index contributed by atoms with van der Waals surface area (Å²) in [6.45, 7) is 3.31. The van der Waals surface area contributed by atoms with Crippen molar-refractivity contribution in [2.75, 3.05) is 24.3 Å². The minimum absolute atomic E-state index is 0.157. The summed E-state index contributed by atoms with van der Waals surface area (Å²) in [5.74, 6) is -0.994. The molecule has 0 radical (unpaired) electrons. The van der Waals surface area contributed by atoms with E-state index in [9.17, 15) is 4.79 Å². The monoisotopic (exact) mass is 250 g/mol. The average Bonchev–Trinajstić information content (AvgIpc) is 2.34. The standard InChI is InChI=1S/C13H18N2O3/c1-8-6-10(7-11(12(8)14)13(16)17)15-9-2-4-18-5-3-9/h6-7,9,15H,2-5,14H2,1H3,(H,16,17). The molecule has 0 amide bonds. The zero-order valence-corrected chi connectivity index (χ0v) is 10.4. The Balaban J connectivity index is 2.20. The van der Waals surface area contributed by atoms with Gasteiger partial charge in [-0.1, -0.05) is 0 Å². The van der Waals surface area contributed by atoms with E-state index in [1.54, 1.807) is 6.07 Å². The summed E-state index contributed by atoms with van der Waals surface area (Å²) in [5, 5.41) is 12.4. The lowest BCUT2D eigenvalue weighted by Crippen LogP contribution is -2.28. The fraction of sp³-hybridized carbons (Fsp3) is 0.462. The van der Waals surface area contributed by atoms with Crippen molar-refractivity contribution in [3.63, 3.8) is 0 Å². The predicted molar refractivity (Wildman–Crippen MR) is 70.0 cm³/mol. The van der Waals surface area contributed by atoms with Crippen LogP contribution in [0.5, 0.6) is 0 Å². The number of hydrogen-bond acceptors (Lipinski definition) is 4. The number of carbonyl (C=O) groups is 1. The number of aromatic carboxylic acids is 1. The van der Waals surface area contributed by atoms with Gasteiger partial charge in [0.05, 0.1) is 5.56 Å². The number of benzene rings is 1. The molecule has 1 fully saturated rings. The van der Waals surface area contributed by atoms with Crippen molar-refractivity contribution in [1.82, 2.24) is 0 Å². The zero-order valence-electron chi connectivity index (χ0n) is 10.4. The van der Waals surface area contributed by atoms with Crippen molar-refractivity contribution in [2.24, 2.45) is 0 Å². The van der Waals surface area contributed by atoms with E-state index >= 15 is 0 Å². The molecule has 0 unspecified atom stereocenters. The van der Waals surface area contributed by atoms with Gasteiger partial charge in [-0.2, -0.15) is 0 Å². The molecule has 0 aliphatic carbocycles. The lowest BCUT2D eigenvalue weighted by Gasteiger charge is -2.24. The van der Waals surface area contributed by atoms with Crippen molar-refractivity contribution >= 4 is 17.3 Å². The van der Waals surface area contributed by atoms with E-state index in [-0.39, 0.29) is 5.56 Å². The Morgan fingerprint density at radius 1 is 1.44 bits per heavy atom. The van der Waals surface area contributed by atoms with Crippen LogP contribution in [0.4, 0.5) is 11.4 Å². The van der Waals surface area contributed by atoms with Gasteiger partial charge in [0.15, 0.2) is 0 Å². The van der Waals surface area contributed by atoms with Crippen molar-refractivity contribution in [3.8, 4) is 0 Å². The molecule has 2 rings (SSSR count). The average molecular weight is 250 g/mol. The molecule has 1 heterocycles. The number of aryl methyl sites for hydroxylation is 1. The first-order valence-corrected chi connectivity index (χ1v) is 6.05. The third-order valence-electron chi connectivity index (χ3n) is 3.21. The van der Waals surface area contributed by atoms with Gasteiger partial charge in [-0.3, -0.25) is 0 Å². The summed E-state index contributed by atoms with van der Waals surface area (Å²) < 4.78 is 5.29. The Morgan fingerprint density at radius 2 is 2.11 bits per heavy atom. The predicted octanol–water partition coefficient (Wildman–Crippen LogP) is 1.87. The van der Waals surface area contributed by atoms with Gasteiger partial charge in [0.25, 0.3) is 0 Å². The fourth-order valence-corrected chi connectivity index (χ4v) is 2.14. The minimum Gasteiger partial charge on any atom is -0.478 e. The highest BCUT2D eigenvalue weighted by atomic mass is 16.5. The van der Waals surface area contributed by atoms with E-state index in [0.717, 1.165) is 37.3 Å². The van der Waals surface area contributed by atoms with Crippen LogP contribution in [0.1, 0.15) is 28.8 Å². The van der Waals surface area contributed by atoms with Gasteiger partial charge in [0.1, 0.15) is 0 Å². The summed E-state index contributed by atoms with van der Waals surface area (Å²) in [7, 11) is 0. The van der Waals surface area contributed by atoms with Crippen LogP contribution in [-0.4, -0.2) is 30.3 Å². The highest BCUT2D eigenvalue weighted by Crippen LogP contribution is 2.24. The lowest BCUT2D eigenvalue weighted by molar-refractivity contribution is 0.0698. The van der Waals surface area contributed by atoms with E-state index in [2.05, 4.69) is 5.32 Å². The second-order valence-electron chi connectivity index (χ2n) is 4.59. The molecule has 0 spiro atoms. The molecule has 5 heteroatoms. The Kier molecular flexibility index (Phi) is 3.72. The van der Waals surface area contributed by atoms with Crippen LogP contribution < -0.4 is 11.1 Å². The summed E-state index contributed by atoms with van der Waals surface area (Å²) in [6, 6.07) is 3.82. The molecular formula is C13H18N2O3. The molecule has 18 heavy (non-hydrogen) atoms. The maximum atomic E-state index is 11.1. The van der Waals surface area contributed by atoms with Gasteiger partial charge in [0, 0.05) is 30.6 Å². The van der Waals surface area contributed by atoms with Gasteiger partial charge in [-0.05, 0) is 37.5 Å². The molecule has 1 aliphatic heterocycles. The smallest absolute Gasteiger partial charge is 0.337 e. The molecule has 1 saturated heterocycles. The van der Waals surface area contributed by atoms with Gasteiger partial charge < -0.3 is 20.9 Å². The quantitative estimate of drug-likeness (QED) is 0.713. The molecule has 1 aliphatic rings. The van der Waals surface area contributed by atoms with E-state index in [0.29, 0.717) is 11.7 Å². The highest BCUT2D eigenvalue weighted by Gasteiger charge is 2.16. The highest BCUT2D eigenvalue weighted by molar-refractivity contribution is 5.95. The first kappa shape index (κ1) is 12.7. The summed E-state index contributed by atoms with van der Waals surface area (Å²) >= 11 is 0. The van der Waals surface area contributed by atoms with Crippen LogP contribution in [0.25, 0.3) is 0 Å². The Hall–Kier alpha value is -1.75. The topological polar surface area (TPSA) is 84.6 Å². The van der Waals surface area contributed by atoms with Gasteiger partial charge in [0.2, 0.25) is 0 Å². The van der Waals surface area contributed by atoms with E-state index in [1.807, 2.05) is 13.0 Å². The third-order valence-corrected chi connectivity index (χ3v) is 3.21. The zero-order chi connectivity index (χ0) is 13.1. The Bertz CT molecular complexity index is 454. The van der Waals surface area contributed by atoms with Crippen molar-refractivity contribution in [1.29, 1.82) is 0 Å². The maximum Gasteiger partial charge on any atom is 0.337 e. The largest absolute Gasteiger partial charge is 0.478 e. The van der Waals surface area contributed by atoms with Crippen LogP contribution >= 0.6 is 0 Å². The van der Waals surface area contributed by atoms with Gasteiger partial charge >= 0.3 is 5.97 Å². The van der Waals surface area contributed by atoms with Gasteiger partial charge in [-0.15, -0.1) is 0 Å². The number of nitrogen functional groups attached to an aromatic ring is 1. The summed E-state index contributed by atoms with van der Waals surface area (Å²) in [5.41, 5.74) is 7.84. The van der Waals surface area contributed by atoms with Crippen LogP contribution in [0, 0.1) is 6.92 Å². The number of ether oxygens (including phenoxy) is 1. The second kappa shape index (κ2) is 5.27. The number of rotatable bonds is 3. The SMILES string of the molecule is Cc1cc(NC2CCOCC2)cc(C(=O)O)c1N. The minimum atomic E-state index is -0.994. The number of nitrogens with two attached hydrogens (primary N) is 1. The molecule has 1 aromatic carbocycles. The number of carboxylic acid groups (broad SMARTS) is 1. The molecule has 5 nitrogen and oxygen atoms in total. The Morgan fingerprint density at radius 3 is 2.72 bits per heavy atom. The number of hydrogen-bond donors (Lipinski definition) is 3. The van der Waals surface area contributed by atoms with Crippen molar-refractivity contribution in [3.05, 3.63) is 23.3 Å². The Labute approximate surface area is 106 Å². The second-order valence-corrected chi connectivity index (χ2v) is 4.59. The number of nitrogens with one attached hydrogen (secondary N) is 1. The van der Waals surface area contributed by atoms with Crippen molar-refractivity contribution in [2.45, 2.75) is 25.8 Å². The molecule has 4 N–H and O–H groups in total. The summed E-state index contributed by atoms with van der Waals surface area (Å²) in [4.78, 5) is 11.1. The van der Waals surface area contributed by atoms with Crippen LogP contribution in [-0.2, 0) is 4.74 Å². The normalized spacial score (nSPS) is 16.5. The summed E-state index contributed by atoms with van der Waals surface area (Å²) in [6.07, 6.45) is 1.87. The van der Waals surface area contributed by atoms with E-state index in [1.165, 1.54) is 0 Å². The molecule has 0 aromatic heterocycles. The molecular weight excluding hydrogens is 232 g/mol. The van der Waals surface area contributed by atoms with Crippen LogP contribution in [0.15, 0.2) is 12.1 Å². The number of anilines is 2. The van der Waals surface area contributed by atoms with Gasteiger partial charge in [-0.25, -0.2) is 4.79 Å². The van der Waals surface area contributed by atoms with Crippen LogP contribution in [0.3, 0.4) is 0 Å². The fourth-order valence-electron chi connectivity index (χ4n) is 2.14. The third kappa shape index (κ3) is 2.73. The molecule has 0 saturated carbocycles. The first-order valence-electron chi connectivity index (χ1n) is 6.05. The van der Waals surface area contributed by atoms with Crippen LogP contribution in [0.2, 0.25) is 0 Å². The van der Waals surface area contributed by atoms with E-state index < -0.39 is 5.97 Å². The molecule has 1 aromatic rings. The van der Waals surface area contributed by atoms with E-state index in [4.69, 9.17) is 15.6 Å². The molecule has 0 bridgehead atoms. The lowest BCUT2D eigenvalue weighted by atomic mass is 10.0.